The second kappa shape index (κ2) is 2.38. The van der Waals surface area contributed by atoms with Crippen molar-refractivity contribution in [1.82, 2.24) is 0 Å². The van der Waals surface area contributed by atoms with E-state index in [1.165, 1.54) is 6.42 Å². The molecule has 0 saturated heterocycles. The van der Waals surface area contributed by atoms with Gasteiger partial charge in [0.25, 0.3) is 0 Å². The zero-order valence-electron chi connectivity index (χ0n) is 5.10. The van der Waals surface area contributed by atoms with Crippen LogP contribution in [0.2, 0.25) is 0 Å². The van der Waals surface area contributed by atoms with Crippen LogP contribution in [0.25, 0.3) is 0 Å². The summed E-state index contributed by atoms with van der Waals surface area (Å²) in [5.41, 5.74) is -0.464. The van der Waals surface area contributed by atoms with Crippen LogP contribution in [-0.2, 0) is 0 Å². The van der Waals surface area contributed by atoms with Gasteiger partial charge in [0, 0.05) is 0 Å². The topological polar surface area (TPSA) is 23.8 Å². The number of rotatable bonds is 1. The van der Waals surface area contributed by atoms with Crippen LogP contribution in [0.15, 0.2) is 0 Å². The normalized spacial score (nSPS) is 9.50. The van der Waals surface area contributed by atoms with Crippen molar-refractivity contribution >= 4 is 0 Å². The highest BCUT2D eigenvalue weighted by atomic mass is 14.3. The van der Waals surface area contributed by atoms with Gasteiger partial charge in [-0.05, 0) is 13.8 Å². The first-order valence-corrected chi connectivity index (χ1v) is 2.34. The minimum absolute atomic E-state index is 0.464. The van der Waals surface area contributed by atoms with Gasteiger partial charge < -0.3 is 0 Å². The summed E-state index contributed by atoms with van der Waals surface area (Å²) in [6.07, 6.45) is 6.47. The van der Waals surface area contributed by atoms with Gasteiger partial charge in [-0.2, -0.15) is 5.26 Å². The summed E-state index contributed by atoms with van der Waals surface area (Å²) in [7, 11) is 0. The Morgan fingerprint density at radius 1 is 1.62 bits per heavy atom. The zero-order chi connectivity index (χ0) is 6.62. The van der Waals surface area contributed by atoms with E-state index in [0.717, 1.165) is 0 Å². The summed E-state index contributed by atoms with van der Waals surface area (Å²) in [6, 6.07) is 2.04. The first-order chi connectivity index (χ1) is 3.62. The molecular formula is C7H8N. The molecule has 0 N–H and O–H groups in total. The van der Waals surface area contributed by atoms with E-state index in [9.17, 15) is 0 Å². The first kappa shape index (κ1) is 7.05. The molecule has 0 spiro atoms. The number of nitrogens with zero attached hydrogens (tertiary/aromatic N) is 1. The minimum Gasteiger partial charge on any atom is -0.198 e. The van der Waals surface area contributed by atoms with Crippen molar-refractivity contribution in [1.29, 1.82) is 5.26 Å². The molecule has 0 aromatic carbocycles. The molecule has 8 heavy (non-hydrogen) atoms. The molecule has 0 heterocycles. The van der Waals surface area contributed by atoms with E-state index in [0.29, 0.717) is 0 Å². The molecule has 0 atom stereocenters. The Hall–Kier alpha value is -0.950. The third-order valence-electron chi connectivity index (χ3n) is 0.732. The maximum atomic E-state index is 8.35. The molecule has 0 unspecified atom stereocenters. The van der Waals surface area contributed by atoms with Gasteiger partial charge in [0.2, 0.25) is 0 Å². The van der Waals surface area contributed by atoms with E-state index in [-0.39, 0.29) is 0 Å². The van der Waals surface area contributed by atoms with Crippen LogP contribution in [0.4, 0.5) is 0 Å². The summed E-state index contributed by atoms with van der Waals surface area (Å²) in [5.74, 6) is 2.31. The molecule has 0 bridgehead atoms. The van der Waals surface area contributed by atoms with Gasteiger partial charge in [-0.3, -0.25) is 0 Å². The zero-order valence-corrected chi connectivity index (χ0v) is 5.10. The van der Waals surface area contributed by atoms with Gasteiger partial charge in [0.15, 0.2) is 0 Å². The Morgan fingerprint density at radius 3 is 2.25 bits per heavy atom. The first-order valence-electron chi connectivity index (χ1n) is 2.34. The fourth-order valence-electron chi connectivity index (χ4n) is 0.241. The number of terminal acetylenes is 1. The quantitative estimate of drug-likeness (QED) is 0.463. The molecule has 0 amide bonds. The molecule has 0 rings (SSSR count). The highest BCUT2D eigenvalue weighted by molar-refractivity contribution is 5.15. The molecule has 0 fully saturated rings. The molecule has 1 radical (unpaired) electrons. The highest BCUT2D eigenvalue weighted by Gasteiger charge is 2.13. The largest absolute Gasteiger partial charge is 0.198 e. The molecule has 41 valence electrons. The van der Waals surface area contributed by atoms with Crippen molar-refractivity contribution in [2.45, 2.75) is 13.8 Å². The molecule has 0 aliphatic rings. The molecule has 1 nitrogen and oxygen atoms in total. The summed E-state index contributed by atoms with van der Waals surface area (Å²) in [5, 5.41) is 8.35. The van der Waals surface area contributed by atoms with E-state index in [2.05, 4.69) is 5.92 Å². The third-order valence-corrected chi connectivity index (χ3v) is 0.732. The molecule has 0 aromatic rings. The lowest BCUT2D eigenvalue weighted by atomic mass is 9.92. The van der Waals surface area contributed by atoms with Crippen molar-refractivity contribution in [3.63, 3.8) is 0 Å². The van der Waals surface area contributed by atoms with Gasteiger partial charge >= 0.3 is 0 Å². The Bertz CT molecular complexity index is 143. The van der Waals surface area contributed by atoms with Crippen LogP contribution in [0, 0.1) is 35.5 Å². The Labute approximate surface area is 50.3 Å². The summed E-state index contributed by atoms with van der Waals surface area (Å²) >= 11 is 0. The molecule has 0 aromatic heterocycles. The van der Waals surface area contributed by atoms with Gasteiger partial charge in [0.05, 0.1) is 17.9 Å². The van der Waals surface area contributed by atoms with Gasteiger partial charge in [-0.25, -0.2) is 0 Å². The molecular weight excluding hydrogens is 98.1 g/mol. The molecule has 0 aliphatic heterocycles. The van der Waals surface area contributed by atoms with E-state index >= 15 is 0 Å². The van der Waals surface area contributed by atoms with E-state index in [4.69, 9.17) is 11.7 Å². The van der Waals surface area contributed by atoms with Crippen LogP contribution in [0.3, 0.4) is 0 Å². The maximum Gasteiger partial charge on any atom is 0.0697 e. The minimum atomic E-state index is -0.464. The number of hydrogen-bond acceptors (Lipinski definition) is 1. The third kappa shape index (κ3) is 2.26. The standard InChI is InChI=1S/C7H8N/c1-4-5-7(2,3)6-8/h1,5H,2-3H3. The Morgan fingerprint density at radius 2 is 2.12 bits per heavy atom. The van der Waals surface area contributed by atoms with Crippen LogP contribution >= 0.6 is 0 Å². The van der Waals surface area contributed by atoms with Crippen molar-refractivity contribution in [2.24, 2.45) is 5.41 Å². The second-order valence-corrected chi connectivity index (χ2v) is 2.14. The summed E-state index contributed by atoms with van der Waals surface area (Å²) in [6.45, 7) is 3.54. The lowest BCUT2D eigenvalue weighted by Gasteiger charge is -2.07. The number of hydrogen-bond donors (Lipinski definition) is 0. The van der Waals surface area contributed by atoms with Crippen LogP contribution < -0.4 is 0 Å². The highest BCUT2D eigenvalue weighted by Crippen LogP contribution is 2.15. The summed E-state index contributed by atoms with van der Waals surface area (Å²) in [4.78, 5) is 0. The van der Waals surface area contributed by atoms with Crippen LogP contribution in [0.1, 0.15) is 13.8 Å². The van der Waals surface area contributed by atoms with Gasteiger partial charge in [-0.15, -0.1) is 12.3 Å². The fraction of sp³-hybridized carbons (Fsp3) is 0.429. The van der Waals surface area contributed by atoms with Crippen molar-refractivity contribution in [2.75, 3.05) is 0 Å². The smallest absolute Gasteiger partial charge is 0.0697 e. The van der Waals surface area contributed by atoms with Gasteiger partial charge in [0.1, 0.15) is 0 Å². The fourth-order valence-corrected chi connectivity index (χ4v) is 0.241. The van der Waals surface area contributed by atoms with Crippen molar-refractivity contribution in [3.05, 3.63) is 6.42 Å². The lowest BCUT2D eigenvalue weighted by molar-refractivity contribution is 0.611. The lowest BCUT2D eigenvalue weighted by Crippen LogP contribution is -2.06. The van der Waals surface area contributed by atoms with E-state index in [1.54, 1.807) is 13.8 Å². The van der Waals surface area contributed by atoms with E-state index < -0.39 is 5.41 Å². The van der Waals surface area contributed by atoms with Crippen LogP contribution in [-0.4, -0.2) is 0 Å². The molecule has 0 aliphatic carbocycles. The monoisotopic (exact) mass is 106 g/mol. The predicted molar refractivity (Wildman–Crippen MR) is 32.5 cm³/mol. The number of nitriles is 1. The van der Waals surface area contributed by atoms with Crippen molar-refractivity contribution < 1.29 is 0 Å². The Kier molecular flexibility index (Phi) is 2.10. The second-order valence-electron chi connectivity index (χ2n) is 2.14. The average Bonchev–Trinajstić information content (AvgIpc) is 1.67. The summed E-state index contributed by atoms with van der Waals surface area (Å²) < 4.78 is 0. The maximum absolute atomic E-state index is 8.35. The van der Waals surface area contributed by atoms with Crippen molar-refractivity contribution in [3.8, 4) is 18.4 Å². The van der Waals surface area contributed by atoms with E-state index in [1.807, 2.05) is 6.07 Å². The average molecular weight is 106 g/mol. The Balaban J connectivity index is 3.82. The molecule has 1 heteroatoms. The molecule has 0 saturated carbocycles. The van der Waals surface area contributed by atoms with Gasteiger partial charge in [-0.1, -0.05) is 0 Å². The van der Waals surface area contributed by atoms with Crippen LogP contribution in [0.5, 0.6) is 0 Å². The SMILES string of the molecule is C#C[CH]C(C)(C)C#N. The predicted octanol–water partition coefficient (Wildman–Crippen LogP) is 1.37.